The van der Waals surface area contributed by atoms with Crippen molar-refractivity contribution in [1.82, 2.24) is 3.11 Å². The first-order valence-electron chi connectivity index (χ1n) is 2.71. The molecule has 0 aliphatic heterocycles. The highest BCUT2D eigenvalue weighted by atomic mass is 127. The van der Waals surface area contributed by atoms with Gasteiger partial charge in [0.2, 0.25) is 5.91 Å². The van der Waals surface area contributed by atoms with Crippen molar-refractivity contribution < 1.29 is 9.59 Å². The number of halogens is 1. The second-order valence-corrected chi connectivity index (χ2v) is 3.31. The Labute approximate surface area is 73.2 Å². The van der Waals surface area contributed by atoms with Crippen LogP contribution in [-0.2, 0) is 9.59 Å². The van der Waals surface area contributed by atoms with Crippen LogP contribution in [0.2, 0.25) is 0 Å². The van der Waals surface area contributed by atoms with E-state index in [9.17, 15) is 9.59 Å². The van der Waals surface area contributed by atoms with Gasteiger partial charge in [0.15, 0.2) is 0 Å². The molecule has 0 aromatic heterocycles. The molecule has 0 bridgehead atoms. The van der Waals surface area contributed by atoms with Gasteiger partial charge in [0.25, 0.3) is 0 Å². The fourth-order valence-corrected chi connectivity index (χ4v) is 1.28. The average Bonchev–Trinajstić information content (AvgIpc) is 1.58. The molecule has 0 heterocycles. The first-order chi connectivity index (χ1) is 4.52. The zero-order valence-corrected chi connectivity index (χ0v) is 7.79. The maximum absolute atomic E-state index is 10.4. The van der Waals surface area contributed by atoms with Gasteiger partial charge < -0.3 is 5.73 Å². The van der Waals surface area contributed by atoms with E-state index in [1.54, 1.807) is 3.11 Å². The van der Waals surface area contributed by atoms with Gasteiger partial charge in [-0.2, -0.15) is 0 Å². The van der Waals surface area contributed by atoms with E-state index in [1.165, 1.54) is 6.92 Å². The van der Waals surface area contributed by atoms with Crippen LogP contribution in [0, 0.1) is 0 Å². The minimum atomic E-state index is -0.421. The standard InChI is InChI=1S/C5H9IN2O2/c1-4(9)2-8(6)3-5(7)10/h2-3H2,1H3,(H2,7,10). The largest absolute Gasteiger partial charge is 0.369 e. The summed E-state index contributed by atoms with van der Waals surface area (Å²) >= 11 is 1.88. The fraction of sp³-hybridized carbons (Fsp3) is 0.600. The number of hydrogen-bond acceptors (Lipinski definition) is 3. The third-order valence-corrected chi connectivity index (χ3v) is 1.40. The van der Waals surface area contributed by atoms with Gasteiger partial charge in [-0.3, -0.25) is 9.59 Å². The third kappa shape index (κ3) is 5.96. The SMILES string of the molecule is CC(=O)CN(I)CC(N)=O. The van der Waals surface area contributed by atoms with E-state index in [-0.39, 0.29) is 18.9 Å². The Morgan fingerprint density at radius 1 is 1.50 bits per heavy atom. The molecule has 0 aliphatic carbocycles. The summed E-state index contributed by atoms with van der Waals surface area (Å²) < 4.78 is 1.54. The van der Waals surface area contributed by atoms with E-state index in [0.717, 1.165) is 0 Å². The predicted molar refractivity (Wildman–Crippen MR) is 45.5 cm³/mol. The van der Waals surface area contributed by atoms with E-state index in [1.807, 2.05) is 22.9 Å². The number of amides is 1. The minimum Gasteiger partial charge on any atom is -0.369 e. The van der Waals surface area contributed by atoms with Gasteiger partial charge in [0.1, 0.15) is 5.78 Å². The van der Waals surface area contributed by atoms with Crippen LogP contribution in [0.25, 0.3) is 0 Å². The van der Waals surface area contributed by atoms with Gasteiger partial charge in [-0.05, 0) is 6.92 Å². The first kappa shape index (κ1) is 9.83. The van der Waals surface area contributed by atoms with Crippen molar-refractivity contribution in [3.63, 3.8) is 0 Å². The highest BCUT2D eigenvalue weighted by Gasteiger charge is 2.05. The van der Waals surface area contributed by atoms with Crippen molar-refractivity contribution in [2.24, 2.45) is 5.73 Å². The van der Waals surface area contributed by atoms with Gasteiger partial charge in [0, 0.05) is 22.9 Å². The predicted octanol–water partition coefficient (Wildman–Crippen LogP) is -0.287. The lowest BCUT2D eigenvalue weighted by atomic mass is 10.4. The van der Waals surface area contributed by atoms with Crippen molar-refractivity contribution in [3.05, 3.63) is 0 Å². The van der Waals surface area contributed by atoms with Crippen molar-refractivity contribution in [1.29, 1.82) is 0 Å². The molecule has 0 spiro atoms. The second kappa shape index (κ2) is 4.62. The molecule has 4 nitrogen and oxygen atoms in total. The Morgan fingerprint density at radius 2 is 2.00 bits per heavy atom. The number of nitrogens with two attached hydrogens (primary N) is 1. The molecule has 0 radical (unpaired) electrons. The number of carbonyl (C=O) groups excluding carboxylic acids is 2. The highest BCUT2D eigenvalue weighted by molar-refractivity contribution is 14.1. The lowest BCUT2D eigenvalue weighted by Gasteiger charge is -2.07. The van der Waals surface area contributed by atoms with E-state index >= 15 is 0 Å². The zero-order chi connectivity index (χ0) is 8.15. The van der Waals surface area contributed by atoms with Crippen LogP contribution in [-0.4, -0.2) is 27.9 Å². The van der Waals surface area contributed by atoms with E-state index < -0.39 is 5.91 Å². The summed E-state index contributed by atoms with van der Waals surface area (Å²) in [5.74, 6) is -0.397. The molecule has 2 N–H and O–H groups in total. The number of nitrogens with zero attached hydrogens (tertiary/aromatic N) is 1. The number of ketones is 1. The Balaban J connectivity index is 3.53. The number of rotatable bonds is 4. The van der Waals surface area contributed by atoms with Gasteiger partial charge >= 0.3 is 0 Å². The summed E-state index contributed by atoms with van der Waals surface area (Å²) in [5, 5.41) is 0. The summed E-state index contributed by atoms with van der Waals surface area (Å²) in [6, 6.07) is 0. The maximum Gasteiger partial charge on any atom is 0.232 e. The molecule has 1 amide bonds. The molecule has 0 saturated carbocycles. The van der Waals surface area contributed by atoms with Gasteiger partial charge in [0.05, 0.1) is 13.1 Å². The Hall–Kier alpha value is -0.170. The molecule has 10 heavy (non-hydrogen) atoms. The van der Waals surface area contributed by atoms with Crippen molar-refractivity contribution in [3.8, 4) is 0 Å². The molecule has 0 atom stereocenters. The number of hydrogen-bond donors (Lipinski definition) is 1. The number of Topliss-reactive ketones (excluding diaryl/α,β-unsaturated/α-hetero) is 1. The number of primary amides is 1. The molecule has 0 aromatic rings. The molecule has 0 unspecified atom stereocenters. The Morgan fingerprint density at radius 3 is 2.30 bits per heavy atom. The van der Waals surface area contributed by atoms with E-state index in [4.69, 9.17) is 5.73 Å². The lowest BCUT2D eigenvalue weighted by Crippen LogP contribution is -2.29. The molecule has 0 rings (SSSR count). The van der Waals surface area contributed by atoms with Crippen molar-refractivity contribution in [2.45, 2.75) is 6.92 Å². The van der Waals surface area contributed by atoms with Gasteiger partial charge in [-0.25, -0.2) is 3.11 Å². The van der Waals surface area contributed by atoms with E-state index in [0.29, 0.717) is 0 Å². The molecule has 0 fully saturated rings. The fourth-order valence-electron chi connectivity index (χ4n) is 0.467. The first-order valence-corrected chi connectivity index (χ1v) is 3.67. The summed E-state index contributed by atoms with van der Waals surface area (Å²) in [7, 11) is 0. The smallest absolute Gasteiger partial charge is 0.232 e. The average molecular weight is 256 g/mol. The third-order valence-electron chi connectivity index (χ3n) is 0.722. The molecular formula is C5H9IN2O2. The van der Waals surface area contributed by atoms with Gasteiger partial charge in [-0.15, -0.1) is 0 Å². The topological polar surface area (TPSA) is 63.4 Å². The normalized spacial score (nSPS) is 9.90. The molecule has 0 saturated heterocycles. The molecule has 0 aliphatic rings. The summed E-state index contributed by atoms with van der Waals surface area (Å²) in [4.78, 5) is 20.7. The number of carbonyl (C=O) groups is 2. The minimum absolute atomic E-state index is 0.0238. The molecule has 58 valence electrons. The van der Waals surface area contributed by atoms with Crippen LogP contribution in [0.15, 0.2) is 0 Å². The van der Waals surface area contributed by atoms with Crippen LogP contribution in [0.4, 0.5) is 0 Å². The summed E-state index contributed by atoms with van der Waals surface area (Å²) in [6.45, 7) is 1.86. The van der Waals surface area contributed by atoms with Gasteiger partial charge in [-0.1, -0.05) is 0 Å². The molecule has 0 aromatic carbocycles. The lowest BCUT2D eigenvalue weighted by molar-refractivity contribution is -0.119. The van der Waals surface area contributed by atoms with Crippen molar-refractivity contribution >= 4 is 34.6 Å². The van der Waals surface area contributed by atoms with Crippen LogP contribution >= 0.6 is 22.9 Å². The summed E-state index contributed by atoms with van der Waals surface area (Å²) in [6.07, 6.45) is 0. The molecule has 5 heteroatoms. The van der Waals surface area contributed by atoms with Crippen LogP contribution in [0.1, 0.15) is 6.92 Å². The highest BCUT2D eigenvalue weighted by Crippen LogP contribution is 1.96. The monoisotopic (exact) mass is 256 g/mol. The maximum atomic E-state index is 10.4. The van der Waals surface area contributed by atoms with Crippen LogP contribution in [0.5, 0.6) is 0 Å². The van der Waals surface area contributed by atoms with Crippen LogP contribution < -0.4 is 5.73 Å². The van der Waals surface area contributed by atoms with E-state index in [2.05, 4.69) is 0 Å². The zero-order valence-electron chi connectivity index (χ0n) is 5.63. The second-order valence-electron chi connectivity index (χ2n) is 1.95. The Kier molecular flexibility index (Phi) is 4.54. The molecular weight excluding hydrogens is 247 g/mol. The van der Waals surface area contributed by atoms with Crippen LogP contribution in [0.3, 0.4) is 0 Å². The quantitative estimate of drug-likeness (QED) is 0.555. The summed E-state index contributed by atoms with van der Waals surface area (Å²) in [5.41, 5.74) is 4.87. The Bertz CT molecular complexity index is 133. The van der Waals surface area contributed by atoms with Crippen molar-refractivity contribution in [2.75, 3.05) is 13.1 Å².